The Morgan fingerprint density at radius 2 is 1.43 bits per heavy atom. The molecule has 1 aliphatic heterocycles. The summed E-state index contributed by atoms with van der Waals surface area (Å²) < 4.78 is 0. The number of para-hydroxylation sites is 1. The highest BCUT2D eigenvalue weighted by Gasteiger charge is 2.35. The normalized spacial score (nSPS) is 21.2. The number of ketones is 2. The molecule has 1 aromatic heterocycles. The molecule has 24 heteroatoms. The number of benzene rings is 2. The van der Waals surface area contributed by atoms with Gasteiger partial charge in [0.15, 0.2) is 17.7 Å². The van der Waals surface area contributed by atoms with Crippen LogP contribution in [0.4, 0.5) is 0 Å². The summed E-state index contributed by atoms with van der Waals surface area (Å²) >= 11 is 0. The molecule has 3 aromatic rings. The molecule has 0 bridgehead atoms. The Kier molecular flexibility index (Phi) is 24.3. The lowest BCUT2D eigenvalue weighted by Crippen LogP contribution is -2.58. The number of carbonyl (C=O) groups excluding carboxylic acids is 9. The summed E-state index contributed by atoms with van der Waals surface area (Å²) in [6.07, 6.45) is 1.17. The van der Waals surface area contributed by atoms with Crippen LogP contribution in [0.1, 0.15) is 99.8 Å². The second-order valence-corrected chi connectivity index (χ2v) is 19.3. The minimum atomic E-state index is -1.45. The first-order valence-electron chi connectivity index (χ1n) is 25.7. The predicted octanol–water partition coefficient (Wildman–Crippen LogP) is -1.20. The first-order chi connectivity index (χ1) is 36.1. The van der Waals surface area contributed by atoms with Gasteiger partial charge in [0.1, 0.15) is 30.0 Å². The molecule has 1 saturated heterocycles. The Labute approximate surface area is 442 Å². The van der Waals surface area contributed by atoms with Crippen LogP contribution in [-0.2, 0) is 56.0 Å². The van der Waals surface area contributed by atoms with Gasteiger partial charge in [0.05, 0.1) is 6.04 Å². The molecule has 1 aliphatic rings. The highest BCUT2D eigenvalue weighted by Crippen LogP contribution is 2.26. The summed E-state index contributed by atoms with van der Waals surface area (Å²) in [5.41, 5.74) is 37.9. The van der Waals surface area contributed by atoms with E-state index in [2.05, 4.69) is 46.9 Å². The summed E-state index contributed by atoms with van der Waals surface area (Å²) in [6, 6.07) is 6.59. The molecule has 7 atom stereocenters. The van der Waals surface area contributed by atoms with Crippen molar-refractivity contribution in [2.45, 2.75) is 134 Å². The molecule has 2 heterocycles. The monoisotopic (exact) mass is 1060 g/mol. The SMILES string of the molecule is CC(=O)N[C@@H](CCCN=C(N)N)C(=O)N[C@H]1CCC(=O)NCCC[C@@H](C(N)=O)NC(=O)[C@H](Cc2c[nH]c3ccccc23)CC(=O)[C@H](CCCN=C(N)N)CC(=O)[C@@H](Cc2ccc(C)cc2C)NC(=O)[C@H](CCN)NC1=O. The molecule has 7 amide bonds. The second-order valence-electron chi connectivity index (χ2n) is 19.3. The maximum atomic E-state index is 14.9. The van der Waals surface area contributed by atoms with E-state index in [0.29, 0.717) is 5.56 Å². The number of hydrogen-bond donors (Lipinski definition) is 13. The first kappa shape index (κ1) is 60.7. The number of primary amides is 1. The number of carbonyl (C=O) groups is 9. The van der Waals surface area contributed by atoms with Crippen LogP contribution in [0.3, 0.4) is 0 Å². The average molecular weight is 1060 g/mol. The number of nitrogens with two attached hydrogens (primary N) is 6. The number of aliphatic imine (C=N–C) groups is 2. The van der Waals surface area contributed by atoms with E-state index in [9.17, 15) is 43.2 Å². The summed E-state index contributed by atoms with van der Waals surface area (Å²) in [4.78, 5) is 136. The van der Waals surface area contributed by atoms with Crippen molar-refractivity contribution >= 4 is 75.7 Å². The largest absolute Gasteiger partial charge is 0.370 e. The predicted molar refractivity (Wildman–Crippen MR) is 287 cm³/mol. The number of hydrogen-bond acceptors (Lipinski definition) is 12. The number of guanidine groups is 2. The van der Waals surface area contributed by atoms with E-state index in [1.165, 1.54) is 6.92 Å². The molecule has 0 saturated carbocycles. The van der Waals surface area contributed by atoms with Gasteiger partial charge < -0.3 is 71.3 Å². The second kappa shape index (κ2) is 30.5. The van der Waals surface area contributed by atoms with E-state index in [1.807, 2.05) is 56.3 Å². The highest BCUT2D eigenvalue weighted by molar-refractivity contribution is 5.98. The average Bonchev–Trinajstić information content (AvgIpc) is 3.77. The van der Waals surface area contributed by atoms with Crippen molar-refractivity contribution in [3.05, 3.63) is 70.9 Å². The van der Waals surface area contributed by atoms with Gasteiger partial charge in [-0.2, -0.15) is 0 Å². The topological polar surface area (TPSA) is 422 Å². The molecule has 414 valence electrons. The van der Waals surface area contributed by atoms with Gasteiger partial charge in [0, 0.05) is 74.8 Å². The number of Topliss-reactive ketones (excluding diaryl/α,β-unsaturated/α-hetero) is 2. The Morgan fingerprint density at radius 1 is 0.750 bits per heavy atom. The Bertz CT molecular complexity index is 2590. The smallest absolute Gasteiger partial charge is 0.243 e. The maximum absolute atomic E-state index is 14.9. The van der Waals surface area contributed by atoms with Crippen molar-refractivity contribution < 1.29 is 43.2 Å². The van der Waals surface area contributed by atoms with Crippen LogP contribution in [-0.4, -0.2) is 126 Å². The third-order valence-electron chi connectivity index (χ3n) is 13.2. The van der Waals surface area contributed by atoms with Gasteiger partial charge in [-0.1, -0.05) is 42.0 Å². The number of aryl methyl sites for hydroxylation is 2. The molecule has 0 unspecified atom stereocenters. The molecule has 2 aromatic carbocycles. The molecule has 4 rings (SSSR count). The Hall–Kier alpha value is -7.89. The van der Waals surface area contributed by atoms with Crippen LogP contribution >= 0.6 is 0 Å². The zero-order chi connectivity index (χ0) is 55.9. The quantitative estimate of drug-likeness (QED) is 0.0404. The van der Waals surface area contributed by atoms with Gasteiger partial charge in [-0.3, -0.25) is 53.1 Å². The van der Waals surface area contributed by atoms with Gasteiger partial charge in [0.2, 0.25) is 41.4 Å². The molecule has 76 heavy (non-hydrogen) atoms. The van der Waals surface area contributed by atoms with Gasteiger partial charge in [-0.05, 0) is 107 Å². The lowest BCUT2D eigenvalue weighted by molar-refractivity contribution is -0.135. The maximum Gasteiger partial charge on any atom is 0.243 e. The number of H-pyrrole nitrogens is 1. The molecule has 0 spiro atoms. The third kappa shape index (κ3) is 20.1. The molecular weight excluding hydrogens is 979 g/mol. The molecule has 19 N–H and O–H groups in total. The van der Waals surface area contributed by atoms with E-state index in [4.69, 9.17) is 34.4 Å². The lowest BCUT2D eigenvalue weighted by Gasteiger charge is -2.27. The van der Waals surface area contributed by atoms with Crippen LogP contribution in [0.2, 0.25) is 0 Å². The fourth-order valence-electron chi connectivity index (χ4n) is 9.09. The van der Waals surface area contributed by atoms with E-state index in [0.717, 1.165) is 27.6 Å². The first-order valence-corrected chi connectivity index (χ1v) is 25.7. The van der Waals surface area contributed by atoms with Crippen molar-refractivity contribution in [2.75, 3.05) is 26.2 Å². The molecule has 0 radical (unpaired) electrons. The molecule has 0 aliphatic carbocycles. The number of amides is 7. The van der Waals surface area contributed by atoms with E-state index < -0.39 is 95.0 Å². The van der Waals surface area contributed by atoms with E-state index in [1.54, 1.807) is 6.20 Å². The third-order valence-corrected chi connectivity index (χ3v) is 13.2. The van der Waals surface area contributed by atoms with Crippen molar-refractivity contribution in [3.63, 3.8) is 0 Å². The van der Waals surface area contributed by atoms with Gasteiger partial charge in [-0.25, -0.2) is 0 Å². The van der Waals surface area contributed by atoms with Crippen LogP contribution in [0, 0.1) is 25.7 Å². The van der Waals surface area contributed by atoms with Crippen molar-refractivity contribution in [2.24, 2.45) is 56.2 Å². The number of nitrogens with zero attached hydrogens (tertiary/aromatic N) is 2. The molecule has 24 nitrogen and oxygen atoms in total. The minimum Gasteiger partial charge on any atom is -0.370 e. The number of nitrogens with one attached hydrogen (secondary N) is 7. The fraction of sp³-hybridized carbons (Fsp3) is 0.519. The van der Waals surface area contributed by atoms with Crippen LogP contribution in [0.5, 0.6) is 0 Å². The number of aromatic nitrogens is 1. The highest BCUT2D eigenvalue weighted by atomic mass is 16.2. The fourth-order valence-corrected chi connectivity index (χ4v) is 9.09. The van der Waals surface area contributed by atoms with Crippen molar-refractivity contribution in [3.8, 4) is 0 Å². The molecular formula is C52H77N15O9. The summed E-state index contributed by atoms with van der Waals surface area (Å²) in [5.74, 6) is -8.40. The minimum absolute atomic E-state index is 0.00274. The summed E-state index contributed by atoms with van der Waals surface area (Å²) in [6.45, 7) is 5.14. The van der Waals surface area contributed by atoms with Gasteiger partial charge in [-0.15, -0.1) is 0 Å². The number of fused-ring (bicyclic) bond motifs is 1. The number of rotatable bonds is 18. The molecule has 1 fully saturated rings. The van der Waals surface area contributed by atoms with E-state index >= 15 is 0 Å². The van der Waals surface area contributed by atoms with Crippen LogP contribution in [0.15, 0.2) is 58.6 Å². The summed E-state index contributed by atoms with van der Waals surface area (Å²) in [5, 5.41) is 17.0. The van der Waals surface area contributed by atoms with Crippen molar-refractivity contribution in [1.29, 1.82) is 0 Å². The zero-order valence-electron chi connectivity index (χ0n) is 43.7. The van der Waals surface area contributed by atoms with Crippen LogP contribution in [0.25, 0.3) is 10.9 Å². The van der Waals surface area contributed by atoms with Gasteiger partial charge in [0.25, 0.3) is 0 Å². The standard InChI is InChI=1S/C52H77N15O9/c1-29-14-15-32(30(2)23-29)25-42-44(70)26-33(9-6-21-60-51(55)56)43(69)27-34(24-35-28-62-37-11-5-4-10-36(35)37)47(73)64-38(46(54)72)12-7-20-59-45(71)17-16-40(49(75)66-41(18-19-53)50(76)67-42)65-48(74)39(63-31(3)68)13-8-22-61-52(57)58/h4-5,10-11,14-15,23,28,33-34,38-42,62H,6-9,12-13,16-22,24-27,53H2,1-3H3,(H2,54,72)(H,59,71)(H,63,68)(H,64,73)(H,65,74)(H,66,75)(H,67,76)(H4,55,56,60)(H4,57,58,61)/t33-,34-,38+,39+,40+,41+,42-/m1/s1. The van der Waals surface area contributed by atoms with Crippen LogP contribution < -0.4 is 66.3 Å². The Morgan fingerprint density at radius 3 is 2.11 bits per heavy atom. The van der Waals surface area contributed by atoms with Gasteiger partial charge >= 0.3 is 0 Å². The van der Waals surface area contributed by atoms with E-state index in [-0.39, 0.29) is 122 Å². The van der Waals surface area contributed by atoms with Crippen molar-refractivity contribution in [1.82, 2.24) is 36.9 Å². The Balaban J connectivity index is 1.79. The lowest BCUT2D eigenvalue weighted by atomic mass is 9.83. The summed E-state index contributed by atoms with van der Waals surface area (Å²) in [7, 11) is 0. The number of aromatic amines is 1. The zero-order valence-corrected chi connectivity index (χ0v) is 43.7.